The maximum Gasteiger partial charge on any atom is 0.249 e. The third kappa shape index (κ3) is 5.33. The molecule has 31 heavy (non-hydrogen) atoms. The van der Waals surface area contributed by atoms with Gasteiger partial charge < -0.3 is 4.74 Å². The van der Waals surface area contributed by atoms with Crippen LogP contribution in [0.15, 0.2) is 42.5 Å². The number of anilines is 2. The summed E-state index contributed by atoms with van der Waals surface area (Å²) in [5, 5.41) is 12.0. The Balaban J connectivity index is 1.86. The van der Waals surface area contributed by atoms with E-state index in [0.717, 1.165) is 21.7 Å². The number of nitrogens with zero attached hydrogens (tertiary/aromatic N) is 3. The highest BCUT2D eigenvalue weighted by atomic mass is 35.5. The summed E-state index contributed by atoms with van der Waals surface area (Å²) >= 11 is 7.25. The molecule has 1 unspecified atom stereocenters. The van der Waals surface area contributed by atoms with Gasteiger partial charge in [0.05, 0.1) is 19.1 Å². The van der Waals surface area contributed by atoms with Crippen LogP contribution in [0.4, 0.5) is 10.8 Å². The molecule has 0 fully saturated rings. The van der Waals surface area contributed by atoms with E-state index < -0.39 is 22.0 Å². The number of hydrogen-bond donors (Lipinski definition) is 1. The highest BCUT2D eigenvalue weighted by Crippen LogP contribution is 2.34. The van der Waals surface area contributed by atoms with Gasteiger partial charge in [-0.1, -0.05) is 52.8 Å². The SMILES string of the molecule is COc1ccc(Cl)cc1N(C(C)C(=O)Nc1nnc(-c2ccc(C)cc2)s1)S(C)(=O)=O. The number of benzene rings is 2. The van der Waals surface area contributed by atoms with Gasteiger partial charge in [-0.2, -0.15) is 0 Å². The summed E-state index contributed by atoms with van der Waals surface area (Å²) in [6.45, 7) is 3.46. The Bertz CT molecular complexity index is 1200. The lowest BCUT2D eigenvalue weighted by atomic mass is 10.2. The number of sulfonamides is 1. The fourth-order valence-electron chi connectivity index (χ4n) is 2.91. The van der Waals surface area contributed by atoms with Gasteiger partial charge in [0.1, 0.15) is 16.8 Å². The molecule has 0 bridgehead atoms. The summed E-state index contributed by atoms with van der Waals surface area (Å²) < 4.78 is 31.3. The molecule has 164 valence electrons. The van der Waals surface area contributed by atoms with Crippen molar-refractivity contribution in [2.45, 2.75) is 19.9 Å². The second-order valence-corrected chi connectivity index (χ2v) is 10.1. The van der Waals surface area contributed by atoms with E-state index in [1.165, 1.54) is 31.4 Å². The van der Waals surface area contributed by atoms with E-state index in [2.05, 4.69) is 15.5 Å². The lowest BCUT2D eigenvalue weighted by Crippen LogP contribution is -2.45. The van der Waals surface area contributed by atoms with Gasteiger partial charge in [0.15, 0.2) is 0 Å². The standard InChI is InChI=1S/C20H21ClN4O4S2/c1-12-5-7-14(8-6-12)19-23-24-20(30-19)22-18(26)13(2)25(31(4,27)28)16-11-15(21)9-10-17(16)29-3/h5-11,13H,1-4H3,(H,22,24,26). The normalized spacial score (nSPS) is 12.3. The van der Waals surface area contributed by atoms with E-state index in [1.54, 1.807) is 12.1 Å². The van der Waals surface area contributed by atoms with Gasteiger partial charge >= 0.3 is 0 Å². The molecule has 0 spiro atoms. The van der Waals surface area contributed by atoms with Crippen LogP contribution in [0.5, 0.6) is 5.75 Å². The zero-order valence-corrected chi connectivity index (χ0v) is 19.7. The quantitative estimate of drug-likeness (QED) is 0.549. The Morgan fingerprint density at radius 1 is 1.19 bits per heavy atom. The Labute approximate surface area is 189 Å². The molecule has 1 aromatic heterocycles. The first kappa shape index (κ1) is 23.0. The smallest absolute Gasteiger partial charge is 0.249 e. The summed E-state index contributed by atoms with van der Waals surface area (Å²) in [6.07, 6.45) is 1.01. The van der Waals surface area contributed by atoms with Crippen LogP contribution in [0, 0.1) is 6.92 Å². The number of halogens is 1. The molecule has 1 amide bonds. The van der Waals surface area contributed by atoms with Crippen molar-refractivity contribution in [3.8, 4) is 16.3 Å². The first-order valence-electron chi connectivity index (χ1n) is 9.14. The topological polar surface area (TPSA) is 101 Å². The third-order valence-electron chi connectivity index (χ3n) is 4.42. The number of aromatic nitrogens is 2. The van der Waals surface area contributed by atoms with Gasteiger partial charge in [-0.25, -0.2) is 8.42 Å². The summed E-state index contributed by atoms with van der Waals surface area (Å²) in [5.41, 5.74) is 2.16. The maximum atomic E-state index is 12.9. The minimum Gasteiger partial charge on any atom is -0.495 e. The number of rotatable bonds is 7. The van der Waals surface area contributed by atoms with Crippen LogP contribution in [0.25, 0.3) is 10.6 Å². The van der Waals surface area contributed by atoms with Crippen molar-refractivity contribution in [1.29, 1.82) is 0 Å². The van der Waals surface area contributed by atoms with Gasteiger partial charge in [-0.05, 0) is 32.0 Å². The van der Waals surface area contributed by atoms with Crippen molar-refractivity contribution in [3.05, 3.63) is 53.1 Å². The molecule has 0 aliphatic heterocycles. The first-order valence-corrected chi connectivity index (χ1v) is 12.2. The van der Waals surface area contributed by atoms with E-state index in [9.17, 15) is 13.2 Å². The highest BCUT2D eigenvalue weighted by Gasteiger charge is 2.32. The highest BCUT2D eigenvalue weighted by molar-refractivity contribution is 7.92. The lowest BCUT2D eigenvalue weighted by Gasteiger charge is -2.29. The van der Waals surface area contributed by atoms with Crippen LogP contribution in [0.3, 0.4) is 0 Å². The zero-order chi connectivity index (χ0) is 22.8. The molecular formula is C20H21ClN4O4S2. The summed E-state index contributed by atoms with van der Waals surface area (Å²) in [5.74, 6) is -0.300. The van der Waals surface area contributed by atoms with Crippen molar-refractivity contribution in [2.24, 2.45) is 0 Å². The average Bonchev–Trinajstić information content (AvgIpc) is 3.16. The molecule has 1 heterocycles. The molecule has 0 saturated heterocycles. The van der Waals surface area contributed by atoms with Crippen molar-refractivity contribution in [1.82, 2.24) is 10.2 Å². The van der Waals surface area contributed by atoms with Gasteiger partial charge in [0.25, 0.3) is 0 Å². The van der Waals surface area contributed by atoms with Crippen molar-refractivity contribution in [3.63, 3.8) is 0 Å². The van der Waals surface area contributed by atoms with Crippen LogP contribution in [0.1, 0.15) is 12.5 Å². The van der Waals surface area contributed by atoms with Crippen molar-refractivity contribution < 1.29 is 17.9 Å². The third-order valence-corrected chi connectivity index (χ3v) is 6.77. The summed E-state index contributed by atoms with van der Waals surface area (Å²) in [4.78, 5) is 12.9. The molecule has 3 rings (SSSR count). The van der Waals surface area contributed by atoms with Crippen LogP contribution >= 0.6 is 22.9 Å². The molecule has 0 aliphatic carbocycles. The van der Waals surface area contributed by atoms with E-state index >= 15 is 0 Å². The fourth-order valence-corrected chi connectivity index (χ4v) is 5.00. The van der Waals surface area contributed by atoms with Crippen LogP contribution in [-0.4, -0.2) is 43.9 Å². The first-order chi connectivity index (χ1) is 14.6. The Morgan fingerprint density at radius 2 is 1.87 bits per heavy atom. The molecule has 11 heteroatoms. The minimum absolute atomic E-state index is 0.165. The van der Waals surface area contributed by atoms with E-state index in [1.807, 2.05) is 31.2 Å². The minimum atomic E-state index is -3.84. The van der Waals surface area contributed by atoms with Gasteiger partial charge in [-0.3, -0.25) is 14.4 Å². The monoisotopic (exact) mass is 480 g/mol. The predicted molar refractivity (Wildman–Crippen MR) is 124 cm³/mol. The number of nitrogens with one attached hydrogen (secondary N) is 1. The number of carbonyl (C=O) groups excluding carboxylic acids is 1. The molecular weight excluding hydrogens is 460 g/mol. The lowest BCUT2D eigenvalue weighted by molar-refractivity contribution is -0.116. The van der Waals surface area contributed by atoms with Gasteiger partial charge in [0, 0.05) is 10.6 Å². The fraction of sp³-hybridized carbons (Fsp3) is 0.250. The largest absolute Gasteiger partial charge is 0.495 e. The van der Waals surface area contributed by atoms with E-state index in [-0.39, 0.29) is 16.6 Å². The maximum absolute atomic E-state index is 12.9. The number of ether oxygens (including phenoxy) is 1. The van der Waals surface area contributed by atoms with Crippen LogP contribution in [0.2, 0.25) is 5.02 Å². The second-order valence-electron chi connectivity index (χ2n) is 6.82. The van der Waals surface area contributed by atoms with E-state index in [0.29, 0.717) is 10.0 Å². The average molecular weight is 481 g/mol. The molecule has 8 nitrogen and oxygen atoms in total. The summed E-state index contributed by atoms with van der Waals surface area (Å²) in [6, 6.07) is 11.2. The number of aryl methyl sites for hydroxylation is 1. The summed E-state index contributed by atoms with van der Waals surface area (Å²) in [7, 11) is -2.44. The Hall–Kier alpha value is -2.69. The molecule has 2 aromatic carbocycles. The molecule has 1 atom stereocenters. The number of amides is 1. The Morgan fingerprint density at radius 3 is 2.48 bits per heavy atom. The molecule has 0 radical (unpaired) electrons. The van der Waals surface area contributed by atoms with Crippen molar-refractivity contribution >= 4 is 49.7 Å². The van der Waals surface area contributed by atoms with Gasteiger partial charge in [-0.15, -0.1) is 10.2 Å². The van der Waals surface area contributed by atoms with Crippen LogP contribution < -0.4 is 14.4 Å². The zero-order valence-electron chi connectivity index (χ0n) is 17.3. The second kappa shape index (κ2) is 9.21. The molecule has 3 aromatic rings. The van der Waals surface area contributed by atoms with E-state index in [4.69, 9.17) is 16.3 Å². The molecule has 0 aliphatic rings. The number of hydrogen-bond acceptors (Lipinski definition) is 7. The molecule has 0 saturated carbocycles. The Kier molecular flexibility index (Phi) is 6.83. The van der Waals surface area contributed by atoms with Crippen LogP contribution in [-0.2, 0) is 14.8 Å². The predicted octanol–water partition coefficient (Wildman–Crippen LogP) is 3.97. The molecule has 1 N–H and O–H groups in total. The number of carbonyl (C=O) groups is 1. The number of methoxy groups -OCH3 is 1. The van der Waals surface area contributed by atoms with Gasteiger partial charge in [0.2, 0.25) is 21.1 Å². The van der Waals surface area contributed by atoms with Crippen molar-refractivity contribution in [2.75, 3.05) is 23.0 Å².